The van der Waals surface area contributed by atoms with E-state index in [0.717, 1.165) is 22.4 Å². The number of rotatable bonds is 5. The summed E-state index contributed by atoms with van der Waals surface area (Å²) >= 11 is 0. The lowest BCUT2D eigenvalue weighted by molar-refractivity contribution is -0.385. The van der Waals surface area contributed by atoms with Gasteiger partial charge in [0, 0.05) is 19.2 Å². The maximum atomic E-state index is 10.9. The smallest absolute Gasteiger partial charge is 0.290 e. The molecule has 0 saturated carbocycles. The minimum atomic E-state index is -0.414. The number of nitro groups is 1. The first kappa shape index (κ1) is 16.7. The van der Waals surface area contributed by atoms with Gasteiger partial charge in [0.25, 0.3) is 5.69 Å². The SMILES string of the molecule is COc1c(C)cc(CN(C)c2cc(C)c([N+](=O)[O-])cn2)cc1C. The van der Waals surface area contributed by atoms with Crippen molar-refractivity contribution in [2.24, 2.45) is 0 Å². The van der Waals surface area contributed by atoms with Gasteiger partial charge in [0.1, 0.15) is 17.8 Å². The molecule has 0 amide bonds. The molecule has 0 aliphatic heterocycles. The van der Waals surface area contributed by atoms with E-state index in [0.29, 0.717) is 17.9 Å². The molecule has 23 heavy (non-hydrogen) atoms. The molecule has 0 spiro atoms. The lowest BCUT2D eigenvalue weighted by Gasteiger charge is -2.20. The van der Waals surface area contributed by atoms with E-state index >= 15 is 0 Å². The third kappa shape index (κ3) is 3.59. The molecule has 0 N–H and O–H groups in total. The summed E-state index contributed by atoms with van der Waals surface area (Å²) < 4.78 is 5.38. The van der Waals surface area contributed by atoms with Crippen LogP contribution in [0.2, 0.25) is 0 Å². The molecule has 122 valence electrons. The number of ether oxygens (including phenoxy) is 1. The number of nitrogens with zero attached hydrogens (tertiary/aromatic N) is 3. The van der Waals surface area contributed by atoms with E-state index in [4.69, 9.17) is 4.74 Å². The number of hydrogen-bond acceptors (Lipinski definition) is 5. The van der Waals surface area contributed by atoms with Crippen LogP contribution in [0.4, 0.5) is 11.5 Å². The van der Waals surface area contributed by atoms with Crippen molar-refractivity contribution in [1.29, 1.82) is 0 Å². The van der Waals surface area contributed by atoms with Crippen LogP contribution in [0, 0.1) is 30.9 Å². The minimum Gasteiger partial charge on any atom is -0.496 e. The zero-order valence-corrected chi connectivity index (χ0v) is 14.1. The Morgan fingerprint density at radius 1 is 1.17 bits per heavy atom. The zero-order valence-electron chi connectivity index (χ0n) is 14.1. The molecule has 0 atom stereocenters. The summed E-state index contributed by atoms with van der Waals surface area (Å²) in [6.07, 6.45) is 1.31. The molecule has 6 nitrogen and oxygen atoms in total. The molecular formula is C17H21N3O3. The predicted molar refractivity (Wildman–Crippen MR) is 90.2 cm³/mol. The standard InChI is InChI=1S/C17H21N3O3/c1-11-8-16(18-9-15(11)20(21)22)19(4)10-14-6-12(2)17(23-5)13(3)7-14/h6-9H,10H2,1-5H3. The van der Waals surface area contributed by atoms with Crippen molar-refractivity contribution in [2.75, 3.05) is 19.1 Å². The van der Waals surface area contributed by atoms with Gasteiger partial charge in [-0.05, 0) is 43.5 Å². The number of hydrogen-bond donors (Lipinski definition) is 0. The molecule has 0 saturated heterocycles. The lowest BCUT2D eigenvalue weighted by Crippen LogP contribution is -2.18. The number of aromatic nitrogens is 1. The summed E-state index contributed by atoms with van der Waals surface area (Å²) in [6, 6.07) is 5.91. The molecule has 1 aromatic carbocycles. The van der Waals surface area contributed by atoms with Crippen molar-refractivity contribution in [3.63, 3.8) is 0 Å². The maximum absolute atomic E-state index is 10.9. The van der Waals surface area contributed by atoms with Crippen LogP contribution in [0.25, 0.3) is 0 Å². The van der Waals surface area contributed by atoms with Crippen molar-refractivity contribution in [2.45, 2.75) is 27.3 Å². The zero-order chi connectivity index (χ0) is 17.1. The summed E-state index contributed by atoms with van der Waals surface area (Å²) in [7, 11) is 3.59. The molecule has 0 unspecified atom stereocenters. The van der Waals surface area contributed by atoms with E-state index in [2.05, 4.69) is 17.1 Å². The van der Waals surface area contributed by atoms with Crippen LogP contribution in [0.15, 0.2) is 24.4 Å². The number of methoxy groups -OCH3 is 1. The summed E-state index contributed by atoms with van der Waals surface area (Å²) in [5.41, 5.74) is 3.96. The Labute approximate surface area is 135 Å². The largest absolute Gasteiger partial charge is 0.496 e. The summed E-state index contributed by atoms with van der Waals surface area (Å²) in [5.74, 6) is 1.61. The van der Waals surface area contributed by atoms with Gasteiger partial charge in [-0.15, -0.1) is 0 Å². The fraction of sp³-hybridized carbons (Fsp3) is 0.353. The monoisotopic (exact) mass is 315 g/mol. The number of pyridine rings is 1. The molecule has 2 rings (SSSR count). The minimum absolute atomic E-state index is 0.0401. The maximum Gasteiger partial charge on any atom is 0.290 e. The van der Waals surface area contributed by atoms with Crippen molar-refractivity contribution in [1.82, 2.24) is 4.98 Å². The second-order valence-corrected chi connectivity index (χ2v) is 5.71. The highest BCUT2D eigenvalue weighted by Crippen LogP contribution is 2.26. The molecule has 2 aromatic rings. The molecule has 0 aliphatic rings. The van der Waals surface area contributed by atoms with Gasteiger partial charge in [0.2, 0.25) is 0 Å². The van der Waals surface area contributed by atoms with Crippen molar-refractivity contribution >= 4 is 11.5 Å². The van der Waals surface area contributed by atoms with Crippen LogP contribution in [-0.4, -0.2) is 24.1 Å². The third-order valence-electron chi connectivity index (χ3n) is 3.80. The Kier molecular flexibility index (Phi) is 4.83. The molecule has 1 aromatic heterocycles. The van der Waals surface area contributed by atoms with Crippen LogP contribution >= 0.6 is 0 Å². The van der Waals surface area contributed by atoms with Gasteiger partial charge < -0.3 is 9.64 Å². The third-order valence-corrected chi connectivity index (χ3v) is 3.80. The van der Waals surface area contributed by atoms with E-state index < -0.39 is 4.92 Å². The first-order valence-electron chi connectivity index (χ1n) is 7.29. The highest BCUT2D eigenvalue weighted by atomic mass is 16.6. The van der Waals surface area contributed by atoms with Crippen LogP contribution in [0.5, 0.6) is 5.75 Å². The number of benzene rings is 1. The van der Waals surface area contributed by atoms with E-state index in [-0.39, 0.29) is 5.69 Å². The first-order chi connectivity index (χ1) is 10.8. The Morgan fingerprint density at radius 2 is 1.78 bits per heavy atom. The molecule has 1 heterocycles. The van der Waals surface area contributed by atoms with Gasteiger partial charge in [-0.3, -0.25) is 10.1 Å². The van der Waals surface area contributed by atoms with Crippen molar-refractivity contribution < 1.29 is 9.66 Å². The highest BCUT2D eigenvalue weighted by molar-refractivity contribution is 5.49. The van der Waals surface area contributed by atoms with Crippen LogP contribution in [0.1, 0.15) is 22.3 Å². The average molecular weight is 315 g/mol. The number of anilines is 1. The molecule has 0 aliphatic carbocycles. The Morgan fingerprint density at radius 3 is 2.26 bits per heavy atom. The van der Waals surface area contributed by atoms with E-state index in [1.807, 2.05) is 25.8 Å². The second-order valence-electron chi connectivity index (χ2n) is 5.71. The van der Waals surface area contributed by atoms with Gasteiger partial charge in [0.15, 0.2) is 0 Å². The summed E-state index contributed by atoms with van der Waals surface area (Å²) in [4.78, 5) is 16.6. The van der Waals surface area contributed by atoms with Crippen molar-refractivity contribution in [3.05, 3.63) is 56.8 Å². The van der Waals surface area contributed by atoms with Crippen LogP contribution in [-0.2, 0) is 6.54 Å². The highest BCUT2D eigenvalue weighted by Gasteiger charge is 2.14. The average Bonchev–Trinajstić information content (AvgIpc) is 2.46. The van der Waals surface area contributed by atoms with Crippen LogP contribution in [0.3, 0.4) is 0 Å². The summed E-state index contributed by atoms with van der Waals surface area (Å²) in [5, 5.41) is 10.9. The fourth-order valence-electron chi connectivity index (χ4n) is 2.74. The predicted octanol–water partition coefficient (Wildman–Crippen LogP) is 3.56. The topological polar surface area (TPSA) is 68.5 Å². The van der Waals surface area contributed by atoms with Gasteiger partial charge >= 0.3 is 0 Å². The van der Waals surface area contributed by atoms with Gasteiger partial charge in [-0.25, -0.2) is 4.98 Å². The summed E-state index contributed by atoms with van der Waals surface area (Å²) in [6.45, 7) is 6.42. The van der Waals surface area contributed by atoms with Gasteiger partial charge in [-0.2, -0.15) is 0 Å². The quantitative estimate of drug-likeness (QED) is 0.623. The Hall–Kier alpha value is -2.63. The molecule has 0 radical (unpaired) electrons. The number of aryl methyl sites for hydroxylation is 3. The molecule has 0 bridgehead atoms. The Bertz CT molecular complexity index is 721. The van der Waals surface area contributed by atoms with E-state index in [1.165, 1.54) is 6.20 Å². The molecule has 0 fully saturated rings. The first-order valence-corrected chi connectivity index (χ1v) is 7.29. The normalized spacial score (nSPS) is 10.5. The van der Waals surface area contributed by atoms with E-state index in [9.17, 15) is 10.1 Å². The molecular weight excluding hydrogens is 294 g/mol. The Balaban J connectivity index is 2.24. The fourth-order valence-corrected chi connectivity index (χ4v) is 2.74. The van der Waals surface area contributed by atoms with Gasteiger partial charge in [-0.1, -0.05) is 12.1 Å². The molecule has 6 heteroatoms. The van der Waals surface area contributed by atoms with Crippen molar-refractivity contribution in [3.8, 4) is 5.75 Å². The van der Waals surface area contributed by atoms with Crippen LogP contribution < -0.4 is 9.64 Å². The van der Waals surface area contributed by atoms with E-state index in [1.54, 1.807) is 20.1 Å². The lowest BCUT2D eigenvalue weighted by atomic mass is 10.1. The second kappa shape index (κ2) is 6.64. The van der Waals surface area contributed by atoms with Gasteiger partial charge in [0.05, 0.1) is 12.0 Å².